The SMILES string of the molecule is Cc1cc(N2CCCCCC2)[nH+]c2ccc(F)cc12. The maximum absolute atomic E-state index is 13.3. The van der Waals surface area contributed by atoms with Crippen LogP contribution in [0.1, 0.15) is 31.2 Å². The van der Waals surface area contributed by atoms with Crippen molar-refractivity contribution < 1.29 is 9.37 Å². The van der Waals surface area contributed by atoms with Crippen molar-refractivity contribution in [3.8, 4) is 0 Å². The second-order valence-corrected chi connectivity index (χ2v) is 5.43. The molecule has 1 aromatic carbocycles. The van der Waals surface area contributed by atoms with Crippen LogP contribution in [0.15, 0.2) is 24.3 Å². The number of aromatic amines is 1. The van der Waals surface area contributed by atoms with Crippen molar-refractivity contribution in [1.82, 2.24) is 0 Å². The van der Waals surface area contributed by atoms with E-state index in [2.05, 4.69) is 22.9 Å². The van der Waals surface area contributed by atoms with Gasteiger partial charge in [0.05, 0.1) is 13.1 Å². The van der Waals surface area contributed by atoms with E-state index in [0.717, 1.165) is 29.6 Å². The van der Waals surface area contributed by atoms with Crippen molar-refractivity contribution in [2.45, 2.75) is 32.6 Å². The minimum Gasteiger partial charge on any atom is -0.262 e. The lowest BCUT2D eigenvalue weighted by Crippen LogP contribution is -2.30. The highest BCUT2D eigenvalue weighted by Gasteiger charge is 2.19. The Morgan fingerprint density at radius 1 is 1.05 bits per heavy atom. The summed E-state index contributed by atoms with van der Waals surface area (Å²) in [6, 6.07) is 7.10. The molecule has 100 valence electrons. The van der Waals surface area contributed by atoms with Crippen molar-refractivity contribution >= 4 is 16.7 Å². The molecule has 1 aliphatic heterocycles. The second-order valence-electron chi connectivity index (χ2n) is 5.43. The molecular weight excluding hydrogens is 239 g/mol. The zero-order valence-electron chi connectivity index (χ0n) is 11.4. The van der Waals surface area contributed by atoms with E-state index in [1.165, 1.54) is 37.6 Å². The molecule has 1 saturated heterocycles. The number of aromatic nitrogens is 1. The van der Waals surface area contributed by atoms with E-state index in [-0.39, 0.29) is 5.82 Å². The molecule has 0 spiro atoms. The van der Waals surface area contributed by atoms with Crippen molar-refractivity contribution in [2.75, 3.05) is 18.0 Å². The number of H-pyrrole nitrogens is 1. The van der Waals surface area contributed by atoms with Gasteiger partial charge in [-0.15, -0.1) is 0 Å². The average molecular weight is 259 g/mol. The Bertz CT molecular complexity index is 587. The number of nitrogens with one attached hydrogen (secondary N) is 1. The summed E-state index contributed by atoms with van der Waals surface area (Å²) in [5.41, 5.74) is 2.15. The van der Waals surface area contributed by atoms with E-state index in [4.69, 9.17) is 0 Å². The van der Waals surface area contributed by atoms with E-state index in [1.807, 2.05) is 6.07 Å². The number of aryl methyl sites for hydroxylation is 1. The highest BCUT2D eigenvalue weighted by molar-refractivity contribution is 5.80. The number of anilines is 1. The van der Waals surface area contributed by atoms with E-state index < -0.39 is 0 Å². The van der Waals surface area contributed by atoms with Gasteiger partial charge < -0.3 is 0 Å². The van der Waals surface area contributed by atoms with Crippen molar-refractivity contribution in [1.29, 1.82) is 0 Å². The molecule has 0 unspecified atom stereocenters. The molecule has 1 fully saturated rings. The Hall–Kier alpha value is -1.64. The summed E-state index contributed by atoms with van der Waals surface area (Å²) in [6.45, 7) is 4.28. The number of hydrogen-bond donors (Lipinski definition) is 0. The van der Waals surface area contributed by atoms with Gasteiger partial charge in [-0.2, -0.15) is 0 Å². The van der Waals surface area contributed by atoms with Crippen LogP contribution in [0.2, 0.25) is 0 Å². The molecule has 3 heteroatoms. The lowest BCUT2D eigenvalue weighted by Gasteiger charge is -2.15. The minimum atomic E-state index is -0.175. The molecule has 0 radical (unpaired) electrons. The fourth-order valence-electron chi connectivity index (χ4n) is 2.89. The molecule has 2 nitrogen and oxygen atoms in total. The third-order valence-electron chi connectivity index (χ3n) is 3.97. The first-order valence-electron chi connectivity index (χ1n) is 7.11. The predicted molar refractivity (Wildman–Crippen MR) is 75.9 cm³/mol. The summed E-state index contributed by atoms with van der Waals surface area (Å²) in [5, 5.41) is 0.971. The van der Waals surface area contributed by atoms with E-state index in [1.54, 1.807) is 6.07 Å². The highest BCUT2D eigenvalue weighted by Crippen LogP contribution is 2.22. The smallest absolute Gasteiger partial charge is 0.262 e. The summed E-state index contributed by atoms with van der Waals surface area (Å²) in [6.07, 6.45) is 5.17. The Kier molecular flexibility index (Phi) is 3.36. The molecule has 1 aliphatic rings. The number of hydrogen-bond acceptors (Lipinski definition) is 1. The first-order chi connectivity index (χ1) is 9.24. The molecule has 1 N–H and O–H groups in total. The summed E-state index contributed by atoms with van der Waals surface area (Å²) < 4.78 is 13.3. The van der Waals surface area contributed by atoms with Crippen LogP contribution in [0.5, 0.6) is 0 Å². The standard InChI is InChI=1S/C16H19FN2/c1-12-10-16(19-8-4-2-3-5-9-19)18-15-7-6-13(17)11-14(12)15/h6-7,10-11H,2-5,8-9H2,1H3/p+1. The van der Waals surface area contributed by atoms with E-state index >= 15 is 0 Å². The van der Waals surface area contributed by atoms with Gasteiger partial charge in [0.1, 0.15) is 11.3 Å². The topological polar surface area (TPSA) is 17.4 Å². The van der Waals surface area contributed by atoms with Gasteiger partial charge in [0.25, 0.3) is 5.82 Å². The van der Waals surface area contributed by atoms with Crippen LogP contribution in [0.25, 0.3) is 10.9 Å². The highest BCUT2D eigenvalue weighted by atomic mass is 19.1. The number of rotatable bonds is 1. The van der Waals surface area contributed by atoms with Crippen molar-refractivity contribution in [3.63, 3.8) is 0 Å². The molecule has 0 bridgehead atoms. The molecule has 2 heterocycles. The molecule has 2 aromatic rings. The molecule has 19 heavy (non-hydrogen) atoms. The fraction of sp³-hybridized carbons (Fsp3) is 0.438. The molecule has 0 atom stereocenters. The number of fused-ring (bicyclic) bond motifs is 1. The first kappa shape index (κ1) is 12.4. The molecule has 0 saturated carbocycles. The van der Waals surface area contributed by atoms with E-state index in [0.29, 0.717) is 0 Å². The monoisotopic (exact) mass is 259 g/mol. The minimum absolute atomic E-state index is 0.175. The van der Waals surface area contributed by atoms with E-state index in [9.17, 15) is 4.39 Å². The quantitative estimate of drug-likeness (QED) is 0.766. The van der Waals surface area contributed by atoms with Gasteiger partial charge in [-0.3, -0.25) is 4.90 Å². The molecule has 0 aliphatic carbocycles. The lowest BCUT2D eigenvalue weighted by molar-refractivity contribution is -0.330. The van der Waals surface area contributed by atoms with Gasteiger partial charge in [0, 0.05) is 11.5 Å². The zero-order valence-corrected chi connectivity index (χ0v) is 11.4. The molecule has 0 amide bonds. The summed E-state index contributed by atoms with van der Waals surface area (Å²) in [4.78, 5) is 5.87. The number of pyridine rings is 1. The van der Waals surface area contributed by atoms with Crippen LogP contribution < -0.4 is 9.88 Å². The number of halogens is 1. The first-order valence-corrected chi connectivity index (χ1v) is 7.11. The summed E-state index contributed by atoms with van der Waals surface area (Å²) in [7, 11) is 0. The number of benzene rings is 1. The van der Waals surface area contributed by atoms with Crippen LogP contribution in [0, 0.1) is 12.7 Å². The lowest BCUT2D eigenvalue weighted by atomic mass is 10.1. The Morgan fingerprint density at radius 2 is 1.79 bits per heavy atom. The van der Waals surface area contributed by atoms with Gasteiger partial charge >= 0.3 is 0 Å². The zero-order chi connectivity index (χ0) is 13.2. The van der Waals surface area contributed by atoms with Gasteiger partial charge in [0.15, 0.2) is 0 Å². The molecule has 3 rings (SSSR count). The Balaban J connectivity index is 2.02. The van der Waals surface area contributed by atoms with Gasteiger partial charge in [-0.25, -0.2) is 9.37 Å². The number of nitrogens with zero attached hydrogens (tertiary/aromatic N) is 1. The van der Waals surface area contributed by atoms with Crippen LogP contribution in [-0.4, -0.2) is 13.1 Å². The van der Waals surface area contributed by atoms with Crippen molar-refractivity contribution in [3.05, 3.63) is 35.6 Å². The van der Waals surface area contributed by atoms with Gasteiger partial charge in [0.2, 0.25) is 0 Å². The van der Waals surface area contributed by atoms with Gasteiger partial charge in [-0.05, 0) is 56.4 Å². The summed E-state index contributed by atoms with van der Waals surface area (Å²) in [5.74, 6) is 0.991. The van der Waals surface area contributed by atoms with Crippen LogP contribution in [0.3, 0.4) is 0 Å². The second kappa shape index (κ2) is 5.16. The summed E-state index contributed by atoms with van der Waals surface area (Å²) >= 11 is 0. The van der Waals surface area contributed by atoms with Crippen LogP contribution in [-0.2, 0) is 0 Å². The third-order valence-corrected chi connectivity index (χ3v) is 3.97. The Morgan fingerprint density at radius 3 is 2.53 bits per heavy atom. The molecular formula is C16H20FN2+. The normalized spacial score (nSPS) is 16.6. The van der Waals surface area contributed by atoms with Gasteiger partial charge in [-0.1, -0.05) is 0 Å². The predicted octanol–water partition coefficient (Wildman–Crippen LogP) is 3.48. The third kappa shape index (κ3) is 2.55. The fourth-order valence-corrected chi connectivity index (χ4v) is 2.89. The Labute approximate surface area is 113 Å². The average Bonchev–Trinajstić information content (AvgIpc) is 2.68. The maximum atomic E-state index is 13.3. The van der Waals surface area contributed by atoms with Crippen LogP contribution in [0.4, 0.5) is 10.2 Å². The maximum Gasteiger partial charge on any atom is 0.275 e. The van der Waals surface area contributed by atoms with Crippen molar-refractivity contribution in [2.24, 2.45) is 0 Å². The largest absolute Gasteiger partial charge is 0.275 e. The molecule has 1 aromatic heterocycles. The van der Waals surface area contributed by atoms with Crippen LogP contribution >= 0.6 is 0 Å².